The lowest BCUT2D eigenvalue weighted by Crippen LogP contribution is -2.12. The first-order valence-corrected chi connectivity index (χ1v) is 6.30. The van der Waals surface area contributed by atoms with Gasteiger partial charge in [0.1, 0.15) is 11.6 Å². The lowest BCUT2D eigenvalue weighted by Gasteiger charge is -2.20. The summed E-state index contributed by atoms with van der Waals surface area (Å²) in [6.45, 7) is 4.65. The summed E-state index contributed by atoms with van der Waals surface area (Å²) in [6.07, 6.45) is 1.67. The molecule has 0 fully saturated rings. The first kappa shape index (κ1) is 13.2. The monoisotopic (exact) mass is 257 g/mol. The molecule has 0 saturated carbocycles. The second-order valence-electron chi connectivity index (χ2n) is 4.40. The van der Waals surface area contributed by atoms with E-state index in [9.17, 15) is 0 Å². The number of nitrogens with two attached hydrogens (primary N) is 1. The summed E-state index contributed by atoms with van der Waals surface area (Å²) in [4.78, 5) is 6.41. The smallest absolute Gasteiger partial charge is 0.135 e. The van der Waals surface area contributed by atoms with E-state index < -0.39 is 0 Å². The molecule has 1 aromatic carbocycles. The van der Waals surface area contributed by atoms with Crippen LogP contribution in [0.1, 0.15) is 12.5 Å². The number of anilines is 3. The van der Waals surface area contributed by atoms with Gasteiger partial charge in [0, 0.05) is 12.7 Å². The molecule has 0 radical (unpaired) electrons. The summed E-state index contributed by atoms with van der Waals surface area (Å²) in [6, 6.07) is 9.88. The van der Waals surface area contributed by atoms with Gasteiger partial charge in [0.25, 0.3) is 0 Å². The van der Waals surface area contributed by atoms with Crippen LogP contribution in [0.25, 0.3) is 0 Å². The summed E-state index contributed by atoms with van der Waals surface area (Å²) >= 11 is 0. The SMILES string of the molecule is CCOc1ccc(N(C)c2ncc(N)cc2C)cc1. The molecule has 100 valence electrons. The molecule has 0 amide bonds. The van der Waals surface area contributed by atoms with E-state index in [-0.39, 0.29) is 0 Å². The lowest BCUT2D eigenvalue weighted by atomic mass is 10.2. The molecular weight excluding hydrogens is 238 g/mol. The van der Waals surface area contributed by atoms with Gasteiger partial charge in [-0.1, -0.05) is 0 Å². The first-order valence-electron chi connectivity index (χ1n) is 6.30. The average molecular weight is 257 g/mol. The number of nitrogens with zero attached hydrogens (tertiary/aromatic N) is 2. The van der Waals surface area contributed by atoms with Crippen LogP contribution < -0.4 is 15.4 Å². The maximum atomic E-state index is 5.72. The van der Waals surface area contributed by atoms with E-state index in [1.54, 1.807) is 6.20 Å². The lowest BCUT2D eigenvalue weighted by molar-refractivity contribution is 0.340. The van der Waals surface area contributed by atoms with Gasteiger partial charge in [0.05, 0.1) is 18.5 Å². The molecule has 2 rings (SSSR count). The number of nitrogen functional groups attached to an aromatic ring is 1. The van der Waals surface area contributed by atoms with E-state index in [0.29, 0.717) is 12.3 Å². The number of pyridine rings is 1. The van der Waals surface area contributed by atoms with Crippen molar-refractivity contribution in [1.29, 1.82) is 0 Å². The zero-order chi connectivity index (χ0) is 13.8. The van der Waals surface area contributed by atoms with Crippen LogP contribution in [-0.4, -0.2) is 18.6 Å². The van der Waals surface area contributed by atoms with Gasteiger partial charge >= 0.3 is 0 Å². The molecule has 0 spiro atoms. The molecular formula is C15H19N3O. The molecule has 2 aromatic rings. The van der Waals surface area contributed by atoms with Crippen LogP contribution in [0, 0.1) is 6.92 Å². The van der Waals surface area contributed by atoms with Crippen LogP contribution in [0.15, 0.2) is 36.5 Å². The van der Waals surface area contributed by atoms with Crippen molar-refractivity contribution in [2.45, 2.75) is 13.8 Å². The third-order valence-electron chi connectivity index (χ3n) is 2.92. The normalized spacial score (nSPS) is 10.3. The zero-order valence-corrected chi connectivity index (χ0v) is 11.6. The Labute approximate surface area is 113 Å². The summed E-state index contributed by atoms with van der Waals surface area (Å²) in [7, 11) is 1.99. The fraction of sp³-hybridized carbons (Fsp3) is 0.267. The highest BCUT2D eigenvalue weighted by molar-refractivity contribution is 5.64. The van der Waals surface area contributed by atoms with Crippen molar-refractivity contribution in [2.24, 2.45) is 0 Å². The number of hydrogen-bond acceptors (Lipinski definition) is 4. The molecule has 0 unspecified atom stereocenters. The number of rotatable bonds is 4. The van der Waals surface area contributed by atoms with Crippen molar-refractivity contribution >= 4 is 17.2 Å². The minimum Gasteiger partial charge on any atom is -0.494 e. The minimum absolute atomic E-state index is 0.674. The van der Waals surface area contributed by atoms with Crippen molar-refractivity contribution in [1.82, 2.24) is 4.98 Å². The maximum absolute atomic E-state index is 5.72. The topological polar surface area (TPSA) is 51.4 Å². The molecule has 0 aliphatic rings. The van der Waals surface area contributed by atoms with Crippen LogP contribution in [0.5, 0.6) is 5.75 Å². The van der Waals surface area contributed by atoms with Gasteiger partial charge in [-0.25, -0.2) is 4.98 Å². The van der Waals surface area contributed by atoms with E-state index in [4.69, 9.17) is 10.5 Å². The highest BCUT2D eigenvalue weighted by Crippen LogP contribution is 2.27. The van der Waals surface area contributed by atoms with Gasteiger partial charge < -0.3 is 15.4 Å². The third-order valence-corrected chi connectivity index (χ3v) is 2.92. The number of aromatic nitrogens is 1. The number of ether oxygens (including phenoxy) is 1. The molecule has 0 saturated heterocycles. The average Bonchev–Trinajstić information content (AvgIpc) is 2.39. The van der Waals surface area contributed by atoms with Crippen molar-refractivity contribution < 1.29 is 4.74 Å². The Morgan fingerprint density at radius 1 is 1.26 bits per heavy atom. The molecule has 1 heterocycles. The number of benzene rings is 1. The second kappa shape index (κ2) is 5.61. The van der Waals surface area contributed by atoms with Crippen LogP contribution in [0.4, 0.5) is 17.2 Å². The van der Waals surface area contributed by atoms with Gasteiger partial charge in [-0.2, -0.15) is 0 Å². The van der Waals surface area contributed by atoms with Crippen molar-refractivity contribution in [3.05, 3.63) is 42.1 Å². The maximum Gasteiger partial charge on any atom is 0.135 e. The fourth-order valence-electron chi connectivity index (χ4n) is 2.00. The molecule has 19 heavy (non-hydrogen) atoms. The summed E-state index contributed by atoms with van der Waals surface area (Å²) < 4.78 is 5.44. The van der Waals surface area contributed by atoms with E-state index in [2.05, 4.69) is 4.98 Å². The predicted octanol–water partition coefficient (Wildman–Crippen LogP) is 3.14. The number of hydrogen-bond donors (Lipinski definition) is 1. The predicted molar refractivity (Wildman–Crippen MR) is 79.1 cm³/mol. The Kier molecular flexibility index (Phi) is 3.90. The highest BCUT2D eigenvalue weighted by Gasteiger charge is 2.08. The van der Waals surface area contributed by atoms with E-state index >= 15 is 0 Å². The van der Waals surface area contributed by atoms with E-state index in [1.165, 1.54) is 0 Å². The molecule has 2 N–H and O–H groups in total. The largest absolute Gasteiger partial charge is 0.494 e. The molecule has 1 aromatic heterocycles. The summed E-state index contributed by atoms with van der Waals surface area (Å²) in [5, 5.41) is 0. The molecule has 4 heteroatoms. The Bertz CT molecular complexity index is 552. The van der Waals surface area contributed by atoms with Gasteiger partial charge in [-0.3, -0.25) is 0 Å². The number of aryl methyl sites for hydroxylation is 1. The Hall–Kier alpha value is -2.23. The van der Waals surface area contributed by atoms with Gasteiger partial charge in [-0.05, 0) is 49.7 Å². The third kappa shape index (κ3) is 2.96. The van der Waals surface area contributed by atoms with Crippen LogP contribution in [0.3, 0.4) is 0 Å². The standard InChI is InChI=1S/C15H19N3O/c1-4-19-14-7-5-13(6-8-14)18(3)15-11(2)9-12(16)10-17-15/h5-10H,4,16H2,1-3H3. The van der Waals surface area contributed by atoms with Crippen LogP contribution >= 0.6 is 0 Å². The van der Waals surface area contributed by atoms with Crippen LogP contribution in [-0.2, 0) is 0 Å². The molecule has 4 nitrogen and oxygen atoms in total. The second-order valence-corrected chi connectivity index (χ2v) is 4.40. The quantitative estimate of drug-likeness (QED) is 0.914. The first-order chi connectivity index (χ1) is 9.11. The van der Waals surface area contributed by atoms with Gasteiger partial charge in [-0.15, -0.1) is 0 Å². The van der Waals surface area contributed by atoms with E-state index in [1.807, 2.05) is 56.1 Å². The molecule has 0 bridgehead atoms. The Balaban J connectivity index is 2.25. The van der Waals surface area contributed by atoms with Crippen LogP contribution in [0.2, 0.25) is 0 Å². The van der Waals surface area contributed by atoms with Crippen molar-refractivity contribution in [2.75, 3.05) is 24.3 Å². The summed E-state index contributed by atoms with van der Waals surface area (Å²) in [5.74, 6) is 1.78. The summed E-state index contributed by atoms with van der Waals surface area (Å²) in [5.41, 5.74) is 8.52. The Morgan fingerprint density at radius 2 is 1.95 bits per heavy atom. The van der Waals surface area contributed by atoms with Gasteiger partial charge in [0.2, 0.25) is 0 Å². The zero-order valence-electron chi connectivity index (χ0n) is 11.6. The molecule has 0 aliphatic carbocycles. The van der Waals surface area contributed by atoms with Gasteiger partial charge in [0.15, 0.2) is 0 Å². The van der Waals surface area contributed by atoms with Crippen molar-refractivity contribution in [3.8, 4) is 5.75 Å². The minimum atomic E-state index is 0.674. The molecule has 0 aliphatic heterocycles. The van der Waals surface area contributed by atoms with Crippen molar-refractivity contribution in [3.63, 3.8) is 0 Å². The highest BCUT2D eigenvalue weighted by atomic mass is 16.5. The van der Waals surface area contributed by atoms with E-state index in [0.717, 1.165) is 22.8 Å². The molecule has 0 atom stereocenters. The fourth-order valence-corrected chi connectivity index (χ4v) is 2.00. The Morgan fingerprint density at radius 3 is 2.53 bits per heavy atom.